The maximum absolute atomic E-state index is 9.11. The van der Waals surface area contributed by atoms with Crippen LogP contribution >= 0.6 is 0 Å². The minimum atomic E-state index is 0.546. The van der Waals surface area contributed by atoms with Crippen LogP contribution in [0.1, 0.15) is 35.1 Å². The van der Waals surface area contributed by atoms with E-state index < -0.39 is 0 Å². The molecule has 1 aliphatic rings. The monoisotopic (exact) mass is 281 g/mol. The maximum Gasteiger partial charge on any atom is 0.120 e. The maximum atomic E-state index is 9.11. The highest BCUT2D eigenvalue weighted by atomic mass is 16.5. The van der Waals surface area contributed by atoms with E-state index in [9.17, 15) is 0 Å². The van der Waals surface area contributed by atoms with Gasteiger partial charge in [-0.3, -0.25) is 0 Å². The summed E-state index contributed by atoms with van der Waals surface area (Å²) in [4.78, 5) is 0. The van der Waals surface area contributed by atoms with E-state index in [1.54, 1.807) is 0 Å². The van der Waals surface area contributed by atoms with Crippen LogP contribution in [0.5, 0.6) is 5.75 Å². The fraction of sp³-hybridized carbons (Fsp3) is 0.278. The van der Waals surface area contributed by atoms with Gasteiger partial charge in [0.25, 0.3) is 0 Å². The lowest BCUT2D eigenvalue weighted by atomic mass is 9.90. The minimum Gasteiger partial charge on any atom is -0.489 e. The van der Waals surface area contributed by atoms with Crippen LogP contribution in [-0.2, 0) is 13.0 Å². The Hall–Kier alpha value is -2.29. The van der Waals surface area contributed by atoms with E-state index in [4.69, 9.17) is 9.94 Å². The molecular formula is C18H19NO2. The first-order valence-corrected chi connectivity index (χ1v) is 7.29. The Morgan fingerprint density at radius 3 is 2.67 bits per heavy atom. The number of aryl methyl sites for hydroxylation is 2. The summed E-state index contributed by atoms with van der Waals surface area (Å²) in [5, 5.41) is 12.5. The zero-order valence-corrected chi connectivity index (χ0v) is 12.2. The second kappa shape index (κ2) is 6.00. The van der Waals surface area contributed by atoms with E-state index in [1.807, 2.05) is 12.1 Å². The average molecular weight is 281 g/mol. The number of hydrogen-bond acceptors (Lipinski definition) is 3. The predicted molar refractivity (Wildman–Crippen MR) is 83.2 cm³/mol. The summed E-state index contributed by atoms with van der Waals surface area (Å²) >= 11 is 0. The largest absolute Gasteiger partial charge is 0.489 e. The summed E-state index contributed by atoms with van der Waals surface area (Å²) in [5.41, 5.74) is 5.41. The van der Waals surface area contributed by atoms with Gasteiger partial charge in [0.2, 0.25) is 0 Å². The van der Waals surface area contributed by atoms with Crippen LogP contribution in [0.2, 0.25) is 0 Å². The molecule has 108 valence electrons. The van der Waals surface area contributed by atoms with Crippen LogP contribution in [0.25, 0.3) is 0 Å². The van der Waals surface area contributed by atoms with Crippen molar-refractivity contribution in [1.82, 2.24) is 0 Å². The third kappa shape index (κ3) is 3.07. The SMILES string of the molecule is Cc1ccc(COc2ccc3c(c2)/C(=N\O)CCC3)cc1. The summed E-state index contributed by atoms with van der Waals surface area (Å²) in [6.07, 6.45) is 2.90. The Labute approximate surface area is 124 Å². The Morgan fingerprint density at radius 2 is 1.90 bits per heavy atom. The second-order valence-corrected chi connectivity index (χ2v) is 5.49. The fourth-order valence-electron chi connectivity index (χ4n) is 2.67. The van der Waals surface area contributed by atoms with Crippen molar-refractivity contribution in [2.75, 3.05) is 0 Å². The molecule has 2 aromatic rings. The van der Waals surface area contributed by atoms with Crippen molar-refractivity contribution in [3.05, 3.63) is 64.7 Å². The molecule has 0 amide bonds. The topological polar surface area (TPSA) is 41.8 Å². The molecule has 1 N–H and O–H groups in total. The first-order chi connectivity index (χ1) is 10.3. The summed E-state index contributed by atoms with van der Waals surface area (Å²) in [6, 6.07) is 14.4. The van der Waals surface area contributed by atoms with Gasteiger partial charge in [0.1, 0.15) is 12.4 Å². The normalized spacial score (nSPS) is 15.8. The van der Waals surface area contributed by atoms with E-state index >= 15 is 0 Å². The first kappa shape index (κ1) is 13.7. The molecule has 0 radical (unpaired) electrons. The number of oxime groups is 1. The molecule has 3 heteroatoms. The lowest BCUT2D eigenvalue weighted by Gasteiger charge is -2.18. The van der Waals surface area contributed by atoms with Crippen LogP contribution in [0.4, 0.5) is 0 Å². The average Bonchev–Trinajstić information content (AvgIpc) is 2.53. The molecular weight excluding hydrogens is 262 g/mol. The Kier molecular flexibility index (Phi) is 3.91. The smallest absolute Gasteiger partial charge is 0.120 e. The first-order valence-electron chi connectivity index (χ1n) is 7.29. The molecule has 3 nitrogen and oxygen atoms in total. The molecule has 0 atom stereocenters. The van der Waals surface area contributed by atoms with Crippen LogP contribution in [-0.4, -0.2) is 10.9 Å². The van der Waals surface area contributed by atoms with Gasteiger partial charge in [0.05, 0.1) is 5.71 Å². The third-order valence-corrected chi connectivity index (χ3v) is 3.90. The molecule has 0 unspecified atom stereocenters. The van der Waals surface area contributed by atoms with Gasteiger partial charge < -0.3 is 9.94 Å². The summed E-state index contributed by atoms with van der Waals surface area (Å²) in [5.74, 6) is 0.817. The fourth-order valence-corrected chi connectivity index (χ4v) is 2.67. The second-order valence-electron chi connectivity index (χ2n) is 5.49. The van der Waals surface area contributed by atoms with Gasteiger partial charge in [0.15, 0.2) is 0 Å². The van der Waals surface area contributed by atoms with Crippen molar-refractivity contribution < 1.29 is 9.94 Å². The van der Waals surface area contributed by atoms with Crippen LogP contribution in [0, 0.1) is 6.92 Å². The van der Waals surface area contributed by atoms with Crippen molar-refractivity contribution in [2.45, 2.75) is 32.8 Å². The molecule has 0 saturated carbocycles. The molecule has 0 aromatic heterocycles. The molecule has 0 bridgehead atoms. The summed E-state index contributed by atoms with van der Waals surface area (Å²) in [7, 11) is 0. The van der Waals surface area contributed by atoms with Crippen molar-refractivity contribution in [3.63, 3.8) is 0 Å². The van der Waals surface area contributed by atoms with E-state index in [0.717, 1.165) is 41.9 Å². The van der Waals surface area contributed by atoms with Gasteiger partial charge in [-0.05, 0) is 49.4 Å². The van der Waals surface area contributed by atoms with Gasteiger partial charge >= 0.3 is 0 Å². The molecule has 0 heterocycles. The molecule has 0 fully saturated rings. The van der Waals surface area contributed by atoms with Gasteiger partial charge in [-0.15, -0.1) is 0 Å². The quantitative estimate of drug-likeness (QED) is 0.680. The Balaban J connectivity index is 1.76. The number of rotatable bonds is 3. The Morgan fingerprint density at radius 1 is 1.10 bits per heavy atom. The van der Waals surface area contributed by atoms with E-state index in [2.05, 4.69) is 42.4 Å². The highest BCUT2D eigenvalue weighted by Crippen LogP contribution is 2.26. The number of ether oxygens (including phenoxy) is 1. The van der Waals surface area contributed by atoms with Gasteiger partial charge in [-0.25, -0.2) is 0 Å². The molecule has 0 aliphatic heterocycles. The van der Waals surface area contributed by atoms with Gasteiger partial charge in [0, 0.05) is 5.56 Å². The highest BCUT2D eigenvalue weighted by Gasteiger charge is 2.16. The zero-order valence-electron chi connectivity index (χ0n) is 12.2. The number of fused-ring (bicyclic) bond motifs is 1. The lowest BCUT2D eigenvalue weighted by molar-refractivity contribution is 0.305. The van der Waals surface area contributed by atoms with Gasteiger partial charge in [-0.2, -0.15) is 0 Å². The molecule has 0 saturated heterocycles. The molecule has 3 rings (SSSR count). The number of nitrogens with zero attached hydrogens (tertiary/aromatic N) is 1. The van der Waals surface area contributed by atoms with Crippen molar-refractivity contribution in [3.8, 4) is 5.75 Å². The van der Waals surface area contributed by atoms with Crippen LogP contribution < -0.4 is 4.74 Å². The molecule has 2 aromatic carbocycles. The van der Waals surface area contributed by atoms with Crippen molar-refractivity contribution in [1.29, 1.82) is 0 Å². The molecule has 0 spiro atoms. The van der Waals surface area contributed by atoms with E-state index in [-0.39, 0.29) is 0 Å². The van der Waals surface area contributed by atoms with Gasteiger partial charge in [-0.1, -0.05) is 41.1 Å². The van der Waals surface area contributed by atoms with Crippen molar-refractivity contribution in [2.24, 2.45) is 5.16 Å². The van der Waals surface area contributed by atoms with Crippen molar-refractivity contribution >= 4 is 5.71 Å². The minimum absolute atomic E-state index is 0.546. The lowest BCUT2D eigenvalue weighted by Crippen LogP contribution is -2.12. The zero-order chi connectivity index (χ0) is 14.7. The van der Waals surface area contributed by atoms with E-state index in [0.29, 0.717) is 6.61 Å². The molecule has 1 aliphatic carbocycles. The molecule has 21 heavy (non-hydrogen) atoms. The van der Waals surface area contributed by atoms with Crippen LogP contribution in [0.3, 0.4) is 0 Å². The summed E-state index contributed by atoms with van der Waals surface area (Å²) in [6.45, 7) is 2.62. The Bertz CT molecular complexity index is 659. The standard InChI is InChI=1S/C18H19NO2/c1-13-5-7-14(8-6-13)12-21-16-10-9-15-3-2-4-18(19-20)17(15)11-16/h5-11,20H,2-4,12H2,1H3/b19-18-. The predicted octanol–water partition coefficient (Wildman–Crippen LogP) is 4.09. The number of hydrogen-bond donors (Lipinski definition) is 1. The highest BCUT2D eigenvalue weighted by molar-refractivity contribution is 6.02. The number of benzene rings is 2. The third-order valence-electron chi connectivity index (χ3n) is 3.90. The van der Waals surface area contributed by atoms with Crippen LogP contribution in [0.15, 0.2) is 47.6 Å². The van der Waals surface area contributed by atoms with E-state index in [1.165, 1.54) is 11.1 Å². The summed E-state index contributed by atoms with van der Waals surface area (Å²) < 4.78 is 5.85.